The summed E-state index contributed by atoms with van der Waals surface area (Å²) in [5.41, 5.74) is 1.09. The number of aromatic nitrogens is 1. The van der Waals surface area contributed by atoms with Crippen LogP contribution in [0.4, 0.5) is 5.00 Å². The largest absolute Gasteiger partial charge is 0.363 e. The lowest BCUT2D eigenvalue weighted by atomic mass is 10.1. The summed E-state index contributed by atoms with van der Waals surface area (Å²) >= 11 is 3.55. The molecule has 3 rings (SSSR count). The Morgan fingerprint density at radius 3 is 2.76 bits per heavy atom. The van der Waals surface area contributed by atoms with Gasteiger partial charge >= 0.3 is 0 Å². The number of halogens is 1. The van der Waals surface area contributed by atoms with E-state index < -0.39 is 0 Å². The van der Waals surface area contributed by atoms with Crippen LogP contribution in [0.2, 0.25) is 0 Å². The number of thiazole rings is 1. The SMILES string of the molecule is CCc1nc(CNC(=NC)NC2CCN(c3cccs3)CC2)cs1.I. The molecule has 2 aromatic heterocycles. The molecule has 1 aliphatic rings. The molecule has 25 heavy (non-hydrogen) atoms. The molecule has 3 heterocycles. The van der Waals surface area contributed by atoms with Crippen molar-refractivity contribution in [1.29, 1.82) is 0 Å². The van der Waals surface area contributed by atoms with E-state index in [0.717, 1.165) is 50.6 Å². The van der Waals surface area contributed by atoms with E-state index in [1.807, 2.05) is 18.4 Å². The van der Waals surface area contributed by atoms with E-state index >= 15 is 0 Å². The molecule has 0 radical (unpaired) electrons. The van der Waals surface area contributed by atoms with Crippen LogP contribution >= 0.6 is 46.7 Å². The zero-order valence-corrected chi connectivity index (χ0v) is 18.7. The highest BCUT2D eigenvalue weighted by Crippen LogP contribution is 2.24. The highest BCUT2D eigenvalue weighted by Gasteiger charge is 2.20. The monoisotopic (exact) mass is 491 g/mol. The third-order valence-corrected chi connectivity index (χ3v) is 6.19. The number of guanidine groups is 1. The van der Waals surface area contributed by atoms with Gasteiger partial charge in [0, 0.05) is 31.6 Å². The predicted molar refractivity (Wildman–Crippen MR) is 120 cm³/mol. The maximum absolute atomic E-state index is 4.59. The summed E-state index contributed by atoms with van der Waals surface area (Å²) < 4.78 is 0. The van der Waals surface area contributed by atoms with Gasteiger partial charge in [-0.3, -0.25) is 4.99 Å². The molecule has 0 amide bonds. The predicted octanol–water partition coefficient (Wildman–Crippen LogP) is 3.72. The molecular weight excluding hydrogens is 465 g/mol. The van der Waals surface area contributed by atoms with Gasteiger partial charge in [-0.25, -0.2) is 4.98 Å². The first-order valence-electron chi connectivity index (χ1n) is 8.47. The second-order valence-electron chi connectivity index (χ2n) is 5.87. The first kappa shape index (κ1) is 20.4. The van der Waals surface area contributed by atoms with Crippen LogP contribution < -0.4 is 15.5 Å². The van der Waals surface area contributed by atoms with Gasteiger partial charge in [0.25, 0.3) is 0 Å². The average Bonchev–Trinajstić information content (AvgIpc) is 3.30. The van der Waals surface area contributed by atoms with Gasteiger partial charge in [-0.15, -0.1) is 46.7 Å². The molecule has 2 aromatic rings. The van der Waals surface area contributed by atoms with Crippen molar-refractivity contribution in [2.24, 2.45) is 4.99 Å². The molecule has 0 atom stereocenters. The standard InChI is InChI=1S/C17H25N5S2.HI/c1-3-15-20-14(12-24-15)11-19-17(18-2)21-13-6-8-22(9-7-13)16-5-4-10-23-16;/h4-5,10,12-13H,3,6-9,11H2,1-2H3,(H2,18,19,21);1H. The lowest BCUT2D eigenvalue weighted by Crippen LogP contribution is -2.48. The molecule has 2 N–H and O–H groups in total. The van der Waals surface area contributed by atoms with Gasteiger partial charge in [-0.2, -0.15) is 0 Å². The number of nitrogens with zero attached hydrogens (tertiary/aromatic N) is 3. The second kappa shape index (κ2) is 10.3. The van der Waals surface area contributed by atoms with E-state index in [0.29, 0.717) is 6.04 Å². The van der Waals surface area contributed by atoms with Gasteiger partial charge < -0.3 is 15.5 Å². The zero-order chi connectivity index (χ0) is 16.8. The van der Waals surface area contributed by atoms with E-state index in [2.05, 4.69) is 55.3 Å². The number of hydrogen-bond acceptors (Lipinski definition) is 5. The van der Waals surface area contributed by atoms with Gasteiger partial charge in [-0.05, 0) is 36.8 Å². The van der Waals surface area contributed by atoms with Crippen LogP contribution in [-0.2, 0) is 13.0 Å². The summed E-state index contributed by atoms with van der Waals surface area (Å²) in [5.74, 6) is 0.871. The van der Waals surface area contributed by atoms with Crippen molar-refractivity contribution >= 4 is 57.6 Å². The molecule has 0 bridgehead atoms. The molecule has 0 spiro atoms. The van der Waals surface area contributed by atoms with E-state index in [4.69, 9.17) is 0 Å². The van der Waals surface area contributed by atoms with E-state index in [1.165, 1.54) is 10.0 Å². The van der Waals surface area contributed by atoms with Crippen LogP contribution in [0, 0.1) is 0 Å². The molecule has 8 heteroatoms. The van der Waals surface area contributed by atoms with Gasteiger partial charge in [0.15, 0.2) is 5.96 Å². The van der Waals surface area contributed by atoms with Crippen molar-refractivity contribution in [3.63, 3.8) is 0 Å². The first-order valence-corrected chi connectivity index (χ1v) is 10.2. The minimum atomic E-state index is 0. The van der Waals surface area contributed by atoms with Crippen molar-refractivity contribution in [1.82, 2.24) is 15.6 Å². The van der Waals surface area contributed by atoms with Crippen molar-refractivity contribution < 1.29 is 0 Å². The van der Waals surface area contributed by atoms with Gasteiger partial charge in [0.1, 0.15) is 0 Å². The summed E-state index contributed by atoms with van der Waals surface area (Å²) in [4.78, 5) is 11.4. The van der Waals surface area contributed by atoms with E-state index in [1.54, 1.807) is 11.3 Å². The fourth-order valence-corrected chi connectivity index (χ4v) is 4.38. The number of aliphatic imine (C=N–C) groups is 1. The number of aryl methyl sites for hydroxylation is 1. The summed E-state index contributed by atoms with van der Waals surface area (Å²) in [7, 11) is 1.83. The molecular formula is C17H26IN5S2. The Morgan fingerprint density at radius 2 is 2.16 bits per heavy atom. The fraction of sp³-hybridized carbons (Fsp3) is 0.529. The smallest absolute Gasteiger partial charge is 0.191 e. The quantitative estimate of drug-likeness (QED) is 0.381. The summed E-state index contributed by atoms with van der Waals surface area (Å²) in [6.07, 6.45) is 3.27. The molecule has 138 valence electrons. The number of anilines is 1. The lowest BCUT2D eigenvalue weighted by Gasteiger charge is -2.33. The molecule has 0 saturated carbocycles. The molecule has 0 unspecified atom stereocenters. The first-order chi connectivity index (χ1) is 11.8. The maximum atomic E-state index is 4.59. The molecule has 0 aromatic carbocycles. The van der Waals surface area contributed by atoms with Crippen molar-refractivity contribution in [2.75, 3.05) is 25.0 Å². The zero-order valence-electron chi connectivity index (χ0n) is 14.7. The van der Waals surface area contributed by atoms with Gasteiger partial charge in [0.2, 0.25) is 0 Å². The van der Waals surface area contributed by atoms with Crippen LogP contribution in [0.1, 0.15) is 30.5 Å². The molecule has 5 nitrogen and oxygen atoms in total. The van der Waals surface area contributed by atoms with Crippen LogP contribution in [-0.4, -0.2) is 37.1 Å². The van der Waals surface area contributed by atoms with Gasteiger partial charge in [-0.1, -0.05) is 6.92 Å². The highest BCUT2D eigenvalue weighted by atomic mass is 127. The third-order valence-electron chi connectivity index (χ3n) is 4.22. The number of hydrogen-bond donors (Lipinski definition) is 2. The minimum absolute atomic E-state index is 0. The van der Waals surface area contributed by atoms with Crippen molar-refractivity contribution in [3.05, 3.63) is 33.6 Å². The van der Waals surface area contributed by atoms with Crippen molar-refractivity contribution in [2.45, 2.75) is 38.8 Å². The Labute approximate surface area is 175 Å². The Balaban J connectivity index is 0.00000225. The minimum Gasteiger partial charge on any atom is -0.363 e. The number of thiophene rings is 1. The number of rotatable bonds is 5. The van der Waals surface area contributed by atoms with Crippen LogP contribution in [0.3, 0.4) is 0 Å². The molecule has 1 aliphatic heterocycles. The molecule has 1 saturated heterocycles. The Morgan fingerprint density at radius 1 is 1.36 bits per heavy atom. The normalized spacial score (nSPS) is 15.8. The van der Waals surface area contributed by atoms with Crippen LogP contribution in [0.25, 0.3) is 0 Å². The van der Waals surface area contributed by atoms with Crippen molar-refractivity contribution in [3.8, 4) is 0 Å². The molecule has 1 fully saturated rings. The summed E-state index contributed by atoms with van der Waals surface area (Å²) in [6.45, 7) is 5.06. The Bertz CT molecular complexity index is 648. The third kappa shape index (κ3) is 5.82. The van der Waals surface area contributed by atoms with E-state index in [9.17, 15) is 0 Å². The average molecular weight is 491 g/mol. The highest BCUT2D eigenvalue weighted by molar-refractivity contribution is 14.0. The van der Waals surface area contributed by atoms with Gasteiger partial charge in [0.05, 0.1) is 22.2 Å². The number of piperidine rings is 1. The second-order valence-corrected chi connectivity index (χ2v) is 7.74. The maximum Gasteiger partial charge on any atom is 0.191 e. The van der Waals surface area contributed by atoms with Crippen LogP contribution in [0.15, 0.2) is 27.9 Å². The molecule has 0 aliphatic carbocycles. The summed E-state index contributed by atoms with van der Waals surface area (Å²) in [5, 5.41) is 13.8. The fourth-order valence-electron chi connectivity index (χ4n) is 2.85. The Kier molecular flexibility index (Phi) is 8.44. The Hall–Kier alpha value is -0.870. The van der Waals surface area contributed by atoms with E-state index in [-0.39, 0.29) is 24.0 Å². The lowest BCUT2D eigenvalue weighted by molar-refractivity contribution is 0.462. The summed E-state index contributed by atoms with van der Waals surface area (Å²) in [6, 6.07) is 4.81. The number of nitrogens with one attached hydrogen (secondary N) is 2. The topological polar surface area (TPSA) is 52.6 Å². The van der Waals surface area contributed by atoms with Crippen LogP contribution in [0.5, 0.6) is 0 Å².